The standard InChI is InChI=1S/C15H30N2S/c1-14(2,3)13-10-16-15(4,12-6-7-12)11-17(13)8-9-18-5/h12-13,16H,6-11H2,1-5H3. The number of hydrogen-bond donors (Lipinski definition) is 1. The Kier molecular flexibility index (Phi) is 4.35. The van der Waals surface area contributed by atoms with Crippen molar-refractivity contribution in [3.63, 3.8) is 0 Å². The Morgan fingerprint density at radius 2 is 2.00 bits per heavy atom. The predicted octanol–water partition coefficient (Wildman–Crippen LogP) is 2.84. The van der Waals surface area contributed by atoms with Crippen LogP contribution < -0.4 is 5.32 Å². The monoisotopic (exact) mass is 270 g/mol. The average molecular weight is 270 g/mol. The molecular formula is C15H30N2S. The first-order valence-corrected chi connectivity index (χ1v) is 8.74. The first kappa shape index (κ1) is 14.7. The number of hydrogen-bond acceptors (Lipinski definition) is 3. The lowest BCUT2D eigenvalue weighted by Gasteiger charge is -2.51. The Labute approximate surface area is 117 Å². The maximum Gasteiger partial charge on any atom is 0.0309 e. The third-order valence-corrected chi connectivity index (χ3v) is 5.32. The van der Waals surface area contributed by atoms with Crippen molar-refractivity contribution in [2.24, 2.45) is 11.3 Å². The van der Waals surface area contributed by atoms with Crippen molar-refractivity contribution in [2.45, 2.75) is 52.1 Å². The zero-order valence-electron chi connectivity index (χ0n) is 12.8. The smallest absolute Gasteiger partial charge is 0.0309 e. The lowest BCUT2D eigenvalue weighted by Crippen LogP contribution is -2.66. The minimum Gasteiger partial charge on any atom is -0.308 e. The largest absolute Gasteiger partial charge is 0.308 e. The molecule has 0 aromatic carbocycles. The van der Waals surface area contributed by atoms with E-state index in [4.69, 9.17) is 0 Å². The number of piperazine rings is 1. The maximum atomic E-state index is 3.87. The molecule has 2 aliphatic rings. The van der Waals surface area contributed by atoms with E-state index in [1.165, 1.54) is 31.7 Å². The van der Waals surface area contributed by atoms with Gasteiger partial charge in [0.25, 0.3) is 0 Å². The maximum absolute atomic E-state index is 3.87. The van der Waals surface area contributed by atoms with Crippen LogP contribution in [0.3, 0.4) is 0 Å². The highest BCUT2D eigenvalue weighted by atomic mass is 32.2. The van der Waals surface area contributed by atoms with Crippen LogP contribution >= 0.6 is 11.8 Å². The Hall–Kier alpha value is 0.270. The van der Waals surface area contributed by atoms with Crippen molar-refractivity contribution in [2.75, 3.05) is 31.6 Å². The first-order chi connectivity index (χ1) is 8.37. The van der Waals surface area contributed by atoms with Crippen LogP contribution in [0.1, 0.15) is 40.5 Å². The molecule has 2 rings (SSSR count). The van der Waals surface area contributed by atoms with Crippen LogP contribution in [0.25, 0.3) is 0 Å². The fourth-order valence-electron chi connectivity index (χ4n) is 3.34. The summed E-state index contributed by atoms with van der Waals surface area (Å²) in [4.78, 5) is 2.76. The normalized spacial score (nSPS) is 34.8. The SMILES string of the molecule is CSCCN1CC(C)(C2CC2)NCC1C(C)(C)C. The van der Waals surface area contributed by atoms with Crippen LogP contribution in [-0.2, 0) is 0 Å². The Bertz CT molecular complexity index is 283. The summed E-state index contributed by atoms with van der Waals surface area (Å²) >= 11 is 1.97. The molecular weight excluding hydrogens is 240 g/mol. The molecule has 0 amide bonds. The zero-order chi connectivity index (χ0) is 13.4. The quantitative estimate of drug-likeness (QED) is 0.846. The number of thioether (sulfide) groups is 1. The van der Waals surface area contributed by atoms with Gasteiger partial charge in [-0.2, -0.15) is 11.8 Å². The fraction of sp³-hybridized carbons (Fsp3) is 1.00. The molecule has 1 heterocycles. The van der Waals surface area contributed by atoms with E-state index in [9.17, 15) is 0 Å². The zero-order valence-corrected chi connectivity index (χ0v) is 13.6. The Morgan fingerprint density at radius 3 is 2.50 bits per heavy atom. The molecule has 2 nitrogen and oxygen atoms in total. The van der Waals surface area contributed by atoms with Gasteiger partial charge in [0.15, 0.2) is 0 Å². The van der Waals surface area contributed by atoms with Gasteiger partial charge in [0.1, 0.15) is 0 Å². The van der Waals surface area contributed by atoms with Crippen LogP contribution in [0, 0.1) is 11.3 Å². The first-order valence-electron chi connectivity index (χ1n) is 7.35. The second kappa shape index (κ2) is 5.34. The lowest BCUT2D eigenvalue weighted by atomic mass is 9.81. The van der Waals surface area contributed by atoms with Crippen molar-refractivity contribution in [3.05, 3.63) is 0 Å². The summed E-state index contributed by atoms with van der Waals surface area (Å²) in [5.41, 5.74) is 0.746. The average Bonchev–Trinajstić information content (AvgIpc) is 3.08. The summed E-state index contributed by atoms with van der Waals surface area (Å²) in [6, 6.07) is 0.677. The molecule has 2 unspecified atom stereocenters. The summed E-state index contributed by atoms with van der Waals surface area (Å²) < 4.78 is 0. The van der Waals surface area contributed by atoms with Crippen molar-refractivity contribution >= 4 is 11.8 Å². The van der Waals surface area contributed by atoms with Crippen LogP contribution in [0.5, 0.6) is 0 Å². The van der Waals surface area contributed by atoms with Crippen LogP contribution in [0.15, 0.2) is 0 Å². The van der Waals surface area contributed by atoms with Gasteiger partial charge < -0.3 is 5.32 Å². The third kappa shape index (κ3) is 3.23. The summed E-state index contributed by atoms with van der Waals surface area (Å²) in [5.74, 6) is 2.18. The highest BCUT2D eigenvalue weighted by Gasteiger charge is 2.47. The van der Waals surface area contributed by atoms with Crippen LogP contribution in [0.4, 0.5) is 0 Å². The molecule has 1 saturated carbocycles. The van der Waals surface area contributed by atoms with E-state index in [0.29, 0.717) is 17.0 Å². The van der Waals surface area contributed by atoms with Crippen molar-refractivity contribution in [3.8, 4) is 0 Å². The van der Waals surface area contributed by atoms with Gasteiger partial charge >= 0.3 is 0 Å². The topological polar surface area (TPSA) is 15.3 Å². The summed E-state index contributed by atoms with van der Waals surface area (Å²) in [5, 5.41) is 3.87. The molecule has 0 aromatic heterocycles. The van der Waals surface area contributed by atoms with Gasteiger partial charge in [0, 0.05) is 37.0 Å². The van der Waals surface area contributed by atoms with E-state index in [1.54, 1.807) is 0 Å². The van der Waals surface area contributed by atoms with E-state index in [0.717, 1.165) is 12.5 Å². The molecule has 18 heavy (non-hydrogen) atoms. The second-order valence-corrected chi connectivity index (χ2v) is 8.40. The Morgan fingerprint density at radius 1 is 1.33 bits per heavy atom. The molecule has 0 radical (unpaired) electrons. The minimum atomic E-state index is 0.371. The molecule has 1 aliphatic carbocycles. The van der Waals surface area contributed by atoms with Crippen molar-refractivity contribution in [1.29, 1.82) is 0 Å². The molecule has 2 fully saturated rings. The van der Waals surface area contributed by atoms with E-state index < -0.39 is 0 Å². The van der Waals surface area contributed by atoms with Gasteiger partial charge in [-0.15, -0.1) is 0 Å². The van der Waals surface area contributed by atoms with Crippen LogP contribution in [0.2, 0.25) is 0 Å². The van der Waals surface area contributed by atoms with Gasteiger partial charge in [0.2, 0.25) is 0 Å². The summed E-state index contributed by atoms with van der Waals surface area (Å²) in [6.07, 6.45) is 5.08. The molecule has 3 heteroatoms. The van der Waals surface area contributed by atoms with Gasteiger partial charge in [-0.25, -0.2) is 0 Å². The van der Waals surface area contributed by atoms with E-state index in [1.807, 2.05) is 11.8 Å². The third-order valence-electron chi connectivity index (χ3n) is 4.73. The molecule has 0 aromatic rings. The van der Waals surface area contributed by atoms with E-state index in [-0.39, 0.29) is 0 Å². The minimum absolute atomic E-state index is 0.371. The van der Waals surface area contributed by atoms with Gasteiger partial charge in [-0.05, 0) is 37.4 Å². The lowest BCUT2D eigenvalue weighted by molar-refractivity contribution is 0.0251. The molecule has 1 aliphatic heterocycles. The molecule has 1 N–H and O–H groups in total. The van der Waals surface area contributed by atoms with E-state index in [2.05, 4.69) is 44.2 Å². The van der Waals surface area contributed by atoms with Crippen molar-refractivity contribution < 1.29 is 0 Å². The Balaban J connectivity index is 2.04. The molecule has 1 saturated heterocycles. The summed E-state index contributed by atoms with van der Waals surface area (Å²) in [6.45, 7) is 13.2. The molecule has 2 atom stereocenters. The highest BCUT2D eigenvalue weighted by molar-refractivity contribution is 7.98. The second-order valence-electron chi connectivity index (χ2n) is 7.42. The molecule has 0 spiro atoms. The predicted molar refractivity (Wildman–Crippen MR) is 82.3 cm³/mol. The highest BCUT2D eigenvalue weighted by Crippen LogP contribution is 2.42. The fourth-order valence-corrected chi connectivity index (χ4v) is 3.76. The van der Waals surface area contributed by atoms with Gasteiger partial charge in [-0.3, -0.25) is 4.90 Å². The molecule has 0 bridgehead atoms. The molecule has 106 valence electrons. The number of nitrogens with zero attached hydrogens (tertiary/aromatic N) is 1. The van der Waals surface area contributed by atoms with Crippen molar-refractivity contribution in [1.82, 2.24) is 10.2 Å². The summed E-state index contributed by atoms with van der Waals surface area (Å²) in [7, 11) is 0. The van der Waals surface area contributed by atoms with Gasteiger partial charge in [0.05, 0.1) is 0 Å². The van der Waals surface area contributed by atoms with Gasteiger partial charge in [-0.1, -0.05) is 20.8 Å². The van der Waals surface area contributed by atoms with Crippen LogP contribution in [-0.4, -0.2) is 48.1 Å². The number of nitrogens with one attached hydrogen (secondary N) is 1. The number of rotatable bonds is 4. The van der Waals surface area contributed by atoms with E-state index >= 15 is 0 Å².